The molecule has 2 amide bonds. The maximum atomic E-state index is 12.3. The summed E-state index contributed by atoms with van der Waals surface area (Å²) < 4.78 is 0. The summed E-state index contributed by atoms with van der Waals surface area (Å²) in [7, 11) is 0. The van der Waals surface area contributed by atoms with E-state index in [0.29, 0.717) is 5.92 Å². The molecule has 2 aromatic carbocycles. The summed E-state index contributed by atoms with van der Waals surface area (Å²) in [6, 6.07) is 16.4. The van der Waals surface area contributed by atoms with Gasteiger partial charge in [0, 0.05) is 5.69 Å². The van der Waals surface area contributed by atoms with Crippen molar-refractivity contribution in [1.29, 1.82) is 0 Å². The van der Waals surface area contributed by atoms with E-state index in [2.05, 4.69) is 62.6 Å². The highest BCUT2D eigenvalue weighted by molar-refractivity contribution is 5.89. The number of hydrogen-bond donors (Lipinski definition) is 2. The molecule has 3 nitrogen and oxygen atoms in total. The Morgan fingerprint density at radius 1 is 0.880 bits per heavy atom. The lowest BCUT2D eigenvalue weighted by molar-refractivity contribution is 0.248. The van der Waals surface area contributed by atoms with Crippen molar-refractivity contribution in [1.82, 2.24) is 5.32 Å². The molecule has 0 unspecified atom stereocenters. The minimum absolute atomic E-state index is 0.0147. The van der Waals surface area contributed by atoms with E-state index < -0.39 is 0 Å². The van der Waals surface area contributed by atoms with E-state index in [4.69, 9.17) is 0 Å². The highest BCUT2D eigenvalue weighted by atomic mass is 16.2. The summed E-state index contributed by atoms with van der Waals surface area (Å²) in [5.41, 5.74) is 4.57. The van der Waals surface area contributed by atoms with E-state index in [-0.39, 0.29) is 12.1 Å². The van der Waals surface area contributed by atoms with Crippen LogP contribution in [0.4, 0.5) is 10.5 Å². The van der Waals surface area contributed by atoms with Gasteiger partial charge in [-0.3, -0.25) is 0 Å². The number of rotatable bonds is 7. The summed E-state index contributed by atoms with van der Waals surface area (Å²) in [5, 5.41) is 5.99. The van der Waals surface area contributed by atoms with Gasteiger partial charge >= 0.3 is 6.03 Å². The molecule has 0 bridgehead atoms. The van der Waals surface area contributed by atoms with Gasteiger partial charge in [-0.15, -0.1) is 0 Å². The predicted octanol–water partition coefficient (Wildman–Crippen LogP) is 6.04. The van der Waals surface area contributed by atoms with Crippen LogP contribution in [0.2, 0.25) is 0 Å². The van der Waals surface area contributed by atoms with Crippen LogP contribution in [-0.2, 0) is 6.42 Å². The second-order valence-electron chi connectivity index (χ2n) is 6.59. The molecule has 25 heavy (non-hydrogen) atoms. The zero-order valence-corrected chi connectivity index (χ0v) is 15.8. The van der Waals surface area contributed by atoms with E-state index in [0.717, 1.165) is 30.5 Å². The molecule has 0 aliphatic rings. The minimum atomic E-state index is -0.165. The Morgan fingerprint density at radius 2 is 1.48 bits per heavy atom. The van der Waals surface area contributed by atoms with Crippen molar-refractivity contribution < 1.29 is 4.79 Å². The quantitative estimate of drug-likeness (QED) is 0.635. The molecule has 0 spiro atoms. The fraction of sp³-hybridized carbons (Fsp3) is 0.409. The van der Waals surface area contributed by atoms with Gasteiger partial charge in [0.1, 0.15) is 0 Å². The molecular formula is C22H30N2O. The van der Waals surface area contributed by atoms with Gasteiger partial charge in [0.2, 0.25) is 0 Å². The summed E-state index contributed by atoms with van der Waals surface area (Å²) >= 11 is 0. The van der Waals surface area contributed by atoms with Crippen LogP contribution in [0.1, 0.15) is 69.2 Å². The van der Waals surface area contributed by atoms with Crippen molar-refractivity contribution in [2.75, 3.05) is 5.32 Å². The average Bonchev–Trinajstić information content (AvgIpc) is 2.66. The van der Waals surface area contributed by atoms with Crippen molar-refractivity contribution in [2.24, 2.45) is 0 Å². The maximum absolute atomic E-state index is 12.3. The first kappa shape index (κ1) is 19.0. The van der Waals surface area contributed by atoms with E-state index >= 15 is 0 Å². The lowest BCUT2D eigenvalue weighted by Gasteiger charge is -2.19. The highest BCUT2D eigenvalue weighted by Gasteiger charge is 2.13. The Hall–Kier alpha value is -2.29. The zero-order valence-electron chi connectivity index (χ0n) is 15.8. The molecule has 0 fully saturated rings. The van der Waals surface area contributed by atoms with Gasteiger partial charge in [-0.25, -0.2) is 4.79 Å². The number of amides is 2. The van der Waals surface area contributed by atoms with Crippen molar-refractivity contribution in [3.63, 3.8) is 0 Å². The molecule has 0 aliphatic carbocycles. The summed E-state index contributed by atoms with van der Waals surface area (Å²) in [6.07, 6.45) is 2.98. The summed E-state index contributed by atoms with van der Waals surface area (Å²) in [4.78, 5) is 12.3. The molecule has 2 aromatic rings. The normalized spacial score (nSPS) is 13.1. The standard InChI is InChI=1S/C22H30N2O/c1-5-16(4)18-10-12-19(13-11-18)21(7-3)24-22(25)23-20-14-8-17(6-2)9-15-20/h8-16,21H,5-7H2,1-4H3,(H2,23,24,25)/t16-,21-/m0/s1. The Kier molecular flexibility index (Phi) is 7.05. The van der Waals surface area contributed by atoms with Crippen molar-refractivity contribution in [3.8, 4) is 0 Å². The number of hydrogen-bond acceptors (Lipinski definition) is 1. The van der Waals surface area contributed by atoms with Crippen LogP contribution in [0.3, 0.4) is 0 Å². The number of anilines is 1. The number of carbonyl (C=O) groups excluding carboxylic acids is 1. The van der Waals surface area contributed by atoms with Crippen LogP contribution in [0.25, 0.3) is 0 Å². The van der Waals surface area contributed by atoms with Crippen LogP contribution < -0.4 is 10.6 Å². The first-order valence-corrected chi connectivity index (χ1v) is 9.33. The molecule has 3 heteroatoms. The predicted molar refractivity (Wildman–Crippen MR) is 106 cm³/mol. The third kappa shape index (κ3) is 5.35. The van der Waals surface area contributed by atoms with Crippen molar-refractivity contribution in [3.05, 3.63) is 65.2 Å². The maximum Gasteiger partial charge on any atom is 0.319 e. The Labute approximate surface area is 151 Å². The monoisotopic (exact) mass is 338 g/mol. The van der Waals surface area contributed by atoms with Crippen LogP contribution >= 0.6 is 0 Å². The highest BCUT2D eigenvalue weighted by Crippen LogP contribution is 2.23. The smallest absolute Gasteiger partial charge is 0.319 e. The Morgan fingerprint density at radius 3 is 2.00 bits per heavy atom. The molecule has 0 saturated carbocycles. The minimum Gasteiger partial charge on any atom is -0.331 e. The van der Waals surface area contributed by atoms with Gasteiger partial charge in [0.05, 0.1) is 6.04 Å². The topological polar surface area (TPSA) is 41.1 Å². The molecule has 2 atom stereocenters. The van der Waals surface area contributed by atoms with Crippen LogP contribution in [0, 0.1) is 0 Å². The molecule has 0 heterocycles. The number of urea groups is 1. The van der Waals surface area contributed by atoms with Crippen molar-refractivity contribution in [2.45, 2.75) is 58.9 Å². The molecular weight excluding hydrogens is 308 g/mol. The number of carbonyl (C=O) groups is 1. The van der Waals surface area contributed by atoms with E-state index in [1.807, 2.05) is 24.3 Å². The number of benzene rings is 2. The second kappa shape index (κ2) is 9.26. The van der Waals surface area contributed by atoms with Crippen molar-refractivity contribution >= 4 is 11.7 Å². The van der Waals surface area contributed by atoms with Gasteiger partial charge in [0.15, 0.2) is 0 Å². The third-order valence-corrected chi connectivity index (χ3v) is 4.85. The Balaban J connectivity index is 1.99. The Bertz CT molecular complexity index is 661. The van der Waals surface area contributed by atoms with Crippen LogP contribution in [0.15, 0.2) is 48.5 Å². The molecule has 0 saturated heterocycles. The fourth-order valence-electron chi connectivity index (χ4n) is 2.86. The SMILES string of the molecule is CCc1ccc(NC(=O)N[C@@H](CC)c2ccc([C@@H](C)CC)cc2)cc1. The second-order valence-corrected chi connectivity index (χ2v) is 6.59. The van der Waals surface area contributed by atoms with E-state index in [9.17, 15) is 4.79 Å². The van der Waals surface area contributed by atoms with Crippen LogP contribution in [0.5, 0.6) is 0 Å². The van der Waals surface area contributed by atoms with Gasteiger partial charge in [-0.05, 0) is 54.0 Å². The zero-order chi connectivity index (χ0) is 18.2. The third-order valence-electron chi connectivity index (χ3n) is 4.85. The van der Waals surface area contributed by atoms with Gasteiger partial charge < -0.3 is 10.6 Å². The lowest BCUT2D eigenvalue weighted by Crippen LogP contribution is -2.32. The molecule has 0 aliphatic heterocycles. The van der Waals surface area contributed by atoms with Gasteiger partial charge in [-0.2, -0.15) is 0 Å². The largest absolute Gasteiger partial charge is 0.331 e. The average molecular weight is 338 g/mol. The molecule has 134 valence electrons. The first-order chi connectivity index (χ1) is 12.1. The van der Waals surface area contributed by atoms with E-state index in [1.165, 1.54) is 11.1 Å². The molecule has 2 rings (SSSR count). The van der Waals surface area contributed by atoms with Crippen LogP contribution in [-0.4, -0.2) is 6.03 Å². The first-order valence-electron chi connectivity index (χ1n) is 9.33. The number of aryl methyl sites for hydroxylation is 1. The van der Waals surface area contributed by atoms with Gasteiger partial charge in [0.25, 0.3) is 0 Å². The summed E-state index contributed by atoms with van der Waals surface area (Å²) in [6.45, 7) is 8.64. The lowest BCUT2D eigenvalue weighted by atomic mass is 9.95. The molecule has 0 radical (unpaired) electrons. The van der Waals surface area contributed by atoms with E-state index in [1.54, 1.807) is 0 Å². The van der Waals surface area contributed by atoms with Gasteiger partial charge in [-0.1, -0.05) is 64.1 Å². The fourth-order valence-corrected chi connectivity index (χ4v) is 2.86. The number of nitrogens with one attached hydrogen (secondary N) is 2. The molecule has 2 N–H and O–H groups in total. The summed E-state index contributed by atoms with van der Waals surface area (Å²) in [5.74, 6) is 0.566. The molecule has 0 aromatic heterocycles.